The van der Waals surface area contributed by atoms with Crippen LogP contribution in [0.4, 0.5) is 4.39 Å². The molecule has 2 N–H and O–H groups in total. The third-order valence-electron chi connectivity index (χ3n) is 3.02. The molecule has 1 aromatic carbocycles. The molecule has 0 aromatic heterocycles. The summed E-state index contributed by atoms with van der Waals surface area (Å²) in [6.45, 7) is 0. The summed E-state index contributed by atoms with van der Waals surface area (Å²) in [6, 6.07) is 4.08. The first kappa shape index (κ1) is 12.3. The summed E-state index contributed by atoms with van der Waals surface area (Å²) in [6.07, 6.45) is 1.83. The molecule has 2 atom stereocenters. The molecule has 0 amide bonds. The number of carboxylic acids is 1. The molecule has 92 valence electrons. The normalized spacial score (nSPS) is 23.9. The van der Waals surface area contributed by atoms with Crippen LogP contribution in [0.15, 0.2) is 18.2 Å². The van der Waals surface area contributed by atoms with Crippen LogP contribution in [0.25, 0.3) is 0 Å². The van der Waals surface area contributed by atoms with Crippen molar-refractivity contribution < 1.29 is 14.3 Å². The molecule has 2 unspecified atom stereocenters. The fraction of sp³-hybridized carbons (Fsp3) is 0.417. The smallest absolute Gasteiger partial charge is 0.320 e. The maximum atomic E-state index is 13.5. The zero-order valence-corrected chi connectivity index (χ0v) is 9.88. The van der Waals surface area contributed by atoms with Crippen LogP contribution in [0.3, 0.4) is 0 Å². The van der Waals surface area contributed by atoms with E-state index in [-0.39, 0.29) is 11.9 Å². The van der Waals surface area contributed by atoms with E-state index >= 15 is 0 Å². The lowest BCUT2D eigenvalue weighted by Gasteiger charge is -2.12. The van der Waals surface area contributed by atoms with Gasteiger partial charge in [0.15, 0.2) is 0 Å². The monoisotopic (exact) mass is 257 g/mol. The predicted octanol–water partition coefficient (Wildman–Crippen LogP) is 2.23. The highest BCUT2D eigenvalue weighted by Gasteiger charge is 2.29. The Kier molecular flexibility index (Phi) is 3.64. The lowest BCUT2D eigenvalue weighted by Crippen LogP contribution is -2.36. The first-order chi connectivity index (χ1) is 8.06. The number of halogens is 2. The molecular weight excluding hydrogens is 245 g/mol. The van der Waals surface area contributed by atoms with E-state index in [9.17, 15) is 9.18 Å². The summed E-state index contributed by atoms with van der Waals surface area (Å²) in [5.74, 6) is -1.18. The van der Waals surface area contributed by atoms with Crippen molar-refractivity contribution in [2.45, 2.75) is 31.3 Å². The second kappa shape index (κ2) is 5.02. The summed E-state index contributed by atoms with van der Waals surface area (Å²) in [5.41, 5.74) is 0.568. The number of hydrogen-bond acceptors (Lipinski definition) is 2. The molecule has 1 heterocycles. The number of aliphatic carboxylic acids is 1. The van der Waals surface area contributed by atoms with Gasteiger partial charge in [-0.3, -0.25) is 4.79 Å². The maximum Gasteiger partial charge on any atom is 0.320 e. The summed E-state index contributed by atoms with van der Waals surface area (Å²) >= 11 is 5.66. The molecular formula is C12H13ClFNO2. The second-order valence-corrected chi connectivity index (χ2v) is 4.71. The summed E-state index contributed by atoms with van der Waals surface area (Å²) in [7, 11) is 0. The molecule has 0 bridgehead atoms. The zero-order chi connectivity index (χ0) is 12.4. The van der Waals surface area contributed by atoms with Gasteiger partial charge in [-0.15, -0.1) is 0 Å². The molecule has 1 aliphatic rings. The fourth-order valence-corrected chi connectivity index (χ4v) is 2.29. The van der Waals surface area contributed by atoms with E-state index in [1.165, 1.54) is 6.07 Å². The van der Waals surface area contributed by atoms with Gasteiger partial charge in [-0.25, -0.2) is 4.39 Å². The fourth-order valence-electron chi connectivity index (χ4n) is 2.13. The van der Waals surface area contributed by atoms with Gasteiger partial charge in [0.25, 0.3) is 0 Å². The zero-order valence-electron chi connectivity index (χ0n) is 9.12. The number of carboxylic acid groups (broad SMARTS) is 1. The van der Waals surface area contributed by atoms with Gasteiger partial charge in [0.2, 0.25) is 0 Å². The number of carbonyl (C=O) groups is 1. The molecule has 1 aromatic rings. The van der Waals surface area contributed by atoms with Crippen LogP contribution >= 0.6 is 11.6 Å². The Labute approximate surface area is 104 Å². The molecule has 17 heavy (non-hydrogen) atoms. The minimum atomic E-state index is -0.843. The molecule has 2 rings (SSSR count). The van der Waals surface area contributed by atoms with Crippen molar-refractivity contribution in [3.8, 4) is 0 Å². The van der Waals surface area contributed by atoms with Crippen molar-refractivity contribution in [2.24, 2.45) is 0 Å². The second-order valence-electron chi connectivity index (χ2n) is 4.27. The minimum Gasteiger partial charge on any atom is -0.480 e. The van der Waals surface area contributed by atoms with E-state index in [0.717, 1.165) is 6.42 Å². The Morgan fingerprint density at radius 3 is 2.88 bits per heavy atom. The van der Waals surface area contributed by atoms with Crippen LogP contribution in [0, 0.1) is 5.82 Å². The number of nitrogens with one attached hydrogen (secondary N) is 1. The number of hydrogen-bond donors (Lipinski definition) is 2. The van der Waals surface area contributed by atoms with Gasteiger partial charge < -0.3 is 10.4 Å². The van der Waals surface area contributed by atoms with Crippen molar-refractivity contribution >= 4 is 17.6 Å². The average Bonchev–Trinajstić information content (AvgIpc) is 2.71. The summed E-state index contributed by atoms with van der Waals surface area (Å²) in [4.78, 5) is 10.8. The Morgan fingerprint density at radius 2 is 2.29 bits per heavy atom. The predicted molar refractivity (Wildman–Crippen MR) is 62.7 cm³/mol. The Balaban J connectivity index is 2.00. The van der Waals surface area contributed by atoms with Crippen LogP contribution in [0.1, 0.15) is 18.4 Å². The van der Waals surface area contributed by atoms with E-state index in [1.54, 1.807) is 12.1 Å². The van der Waals surface area contributed by atoms with E-state index in [1.807, 2.05) is 0 Å². The van der Waals surface area contributed by atoms with Gasteiger partial charge >= 0.3 is 5.97 Å². The Morgan fingerprint density at radius 1 is 1.53 bits per heavy atom. The van der Waals surface area contributed by atoms with Gasteiger partial charge in [0.1, 0.15) is 11.9 Å². The molecule has 1 saturated heterocycles. The van der Waals surface area contributed by atoms with E-state index in [2.05, 4.69) is 5.32 Å². The van der Waals surface area contributed by atoms with Gasteiger partial charge in [-0.1, -0.05) is 17.7 Å². The van der Waals surface area contributed by atoms with Crippen molar-refractivity contribution in [3.05, 3.63) is 34.6 Å². The Bertz CT molecular complexity index is 439. The largest absolute Gasteiger partial charge is 0.480 e. The highest BCUT2D eigenvalue weighted by atomic mass is 35.5. The van der Waals surface area contributed by atoms with Crippen molar-refractivity contribution in [1.82, 2.24) is 5.32 Å². The SMILES string of the molecule is O=C(O)C1CCC(Cc2ccc(Cl)cc2F)N1. The molecule has 0 aliphatic carbocycles. The highest BCUT2D eigenvalue weighted by molar-refractivity contribution is 6.30. The number of rotatable bonds is 3. The first-order valence-electron chi connectivity index (χ1n) is 5.49. The molecule has 5 heteroatoms. The van der Waals surface area contributed by atoms with Crippen molar-refractivity contribution in [2.75, 3.05) is 0 Å². The van der Waals surface area contributed by atoms with Crippen LogP contribution in [-0.2, 0) is 11.2 Å². The van der Waals surface area contributed by atoms with Crippen molar-refractivity contribution in [3.63, 3.8) is 0 Å². The van der Waals surface area contributed by atoms with E-state index in [4.69, 9.17) is 16.7 Å². The quantitative estimate of drug-likeness (QED) is 0.873. The lowest BCUT2D eigenvalue weighted by molar-refractivity contribution is -0.139. The first-order valence-corrected chi connectivity index (χ1v) is 5.87. The van der Waals surface area contributed by atoms with Crippen molar-refractivity contribution in [1.29, 1.82) is 0 Å². The third-order valence-corrected chi connectivity index (χ3v) is 3.26. The van der Waals surface area contributed by atoms with Crippen LogP contribution in [0.2, 0.25) is 5.02 Å². The summed E-state index contributed by atoms with van der Waals surface area (Å²) < 4.78 is 13.5. The topological polar surface area (TPSA) is 49.3 Å². The van der Waals surface area contributed by atoms with E-state index in [0.29, 0.717) is 23.4 Å². The summed E-state index contributed by atoms with van der Waals surface area (Å²) in [5, 5.41) is 12.2. The molecule has 0 radical (unpaired) electrons. The number of benzene rings is 1. The molecule has 3 nitrogen and oxygen atoms in total. The molecule has 0 saturated carbocycles. The maximum absolute atomic E-state index is 13.5. The minimum absolute atomic E-state index is 0.0202. The lowest BCUT2D eigenvalue weighted by atomic mass is 10.0. The standard InChI is InChI=1S/C12H13ClFNO2/c13-8-2-1-7(10(14)6-8)5-9-3-4-11(15-9)12(16)17/h1-2,6,9,11,15H,3-5H2,(H,16,17). The molecule has 1 fully saturated rings. The van der Waals surface area contributed by atoms with Crippen LogP contribution in [0.5, 0.6) is 0 Å². The average molecular weight is 258 g/mol. The highest BCUT2D eigenvalue weighted by Crippen LogP contribution is 2.20. The van der Waals surface area contributed by atoms with Gasteiger partial charge in [-0.2, -0.15) is 0 Å². The van der Waals surface area contributed by atoms with Crippen LogP contribution < -0.4 is 5.32 Å². The van der Waals surface area contributed by atoms with Gasteiger partial charge in [-0.05, 0) is 37.0 Å². The third kappa shape index (κ3) is 2.96. The van der Waals surface area contributed by atoms with Gasteiger partial charge in [0.05, 0.1) is 0 Å². The Hall–Kier alpha value is -1.13. The van der Waals surface area contributed by atoms with Gasteiger partial charge in [0, 0.05) is 11.1 Å². The van der Waals surface area contributed by atoms with Crippen LogP contribution in [-0.4, -0.2) is 23.2 Å². The molecule has 1 aliphatic heterocycles. The molecule has 0 spiro atoms. The van der Waals surface area contributed by atoms with E-state index < -0.39 is 12.0 Å².